The predicted octanol–water partition coefficient (Wildman–Crippen LogP) is 2.04. The molecule has 0 radical (unpaired) electrons. The molecule has 4 unspecified atom stereocenters. The third-order valence-electron chi connectivity index (χ3n) is 6.69. The van der Waals surface area contributed by atoms with Crippen LogP contribution in [0.3, 0.4) is 0 Å². The zero-order valence-corrected chi connectivity index (χ0v) is 18.6. The Morgan fingerprint density at radius 3 is 2.29 bits per heavy atom. The summed E-state index contributed by atoms with van der Waals surface area (Å²) in [4.78, 5) is 31.1. The van der Waals surface area contributed by atoms with Crippen molar-refractivity contribution in [3.8, 4) is 5.75 Å². The maximum absolute atomic E-state index is 12.7. The number of likely N-dealkylation sites (tertiary alicyclic amines) is 1. The Labute approximate surface area is 183 Å². The van der Waals surface area contributed by atoms with Crippen LogP contribution in [0.2, 0.25) is 0 Å². The second-order valence-corrected chi connectivity index (χ2v) is 8.68. The lowest BCUT2D eigenvalue weighted by atomic mass is 9.85. The van der Waals surface area contributed by atoms with Crippen LogP contribution in [0.5, 0.6) is 5.75 Å². The molecular weight excluding hydrogens is 392 g/mol. The minimum Gasteiger partial charge on any atom is -0.491 e. The normalized spacial score (nSPS) is 26.5. The van der Waals surface area contributed by atoms with E-state index in [-0.39, 0.29) is 35.5 Å². The largest absolute Gasteiger partial charge is 0.491 e. The highest BCUT2D eigenvalue weighted by Crippen LogP contribution is 2.52. The van der Waals surface area contributed by atoms with E-state index in [4.69, 9.17) is 4.74 Å². The lowest BCUT2D eigenvalue weighted by molar-refractivity contribution is -0.140. The summed E-state index contributed by atoms with van der Waals surface area (Å²) in [5, 5.41) is 6.48. The maximum atomic E-state index is 12.7. The van der Waals surface area contributed by atoms with Crippen molar-refractivity contribution < 1.29 is 14.3 Å². The molecule has 4 rings (SSSR count). The van der Waals surface area contributed by atoms with Crippen LogP contribution in [0.25, 0.3) is 0 Å². The first kappa shape index (κ1) is 21.4. The van der Waals surface area contributed by atoms with Crippen molar-refractivity contribution in [3.63, 3.8) is 0 Å². The number of amides is 2. The van der Waals surface area contributed by atoms with Gasteiger partial charge >= 0.3 is 0 Å². The molecule has 2 bridgehead atoms. The molecule has 2 aliphatic carbocycles. The number of benzene rings is 1. The van der Waals surface area contributed by atoms with E-state index in [0.717, 1.165) is 23.3 Å². The van der Waals surface area contributed by atoms with Gasteiger partial charge in [-0.15, -0.1) is 0 Å². The van der Waals surface area contributed by atoms with Gasteiger partial charge in [-0.25, -0.2) is 0 Å². The van der Waals surface area contributed by atoms with Gasteiger partial charge in [0.2, 0.25) is 11.8 Å². The molecule has 1 heterocycles. The number of para-hydroxylation sites is 1. The van der Waals surface area contributed by atoms with Crippen molar-refractivity contribution in [3.05, 3.63) is 41.5 Å². The summed E-state index contributed by atoms with van der Waals surface area (Å²) in [5.74, 6) is 1.98. The summed E-state index contributed by atoms with van der Waals surface area (Å²) in [5.41, 5.74) is 2.25. The van der Waals surface area contributed by atoms with Crippen molar-refractivity contribution in [2.24, 2.45) is 28.7 Å². The topological polar surface area (TPSA) is 83.0 Å². The average molecular weight is 425 g/mol. The highest BCUT2D eigenvalue weighted by molar-refractivity contribution is 6.06. The number of hydrogen-bond donors (Lipinski definition) is 2. The third-order valence-corrected chi connectivity index (χ3v) is 6.69. The number of rotatable bonds is 8. The van der Waals surface area contributed by atoms with Crippen LogP contribution in [-0.2, 0) is 9.59 Å². The molecule has 1 saturated carbocycles. The molecule has 7 heteroatoms. The molecule has 31 heavy (non-hydrogen) atoms. The molecular formula is C24H32N4O3. The van der Waals surface area contributed by atoms with E-state index >= 15 is 0 Å². The molecule has 1 aromatic rings. The quantitative estimate of drug-likeness (QED) is 0.219. The van der Waals surface area contributed by atoms with Crippen LogP contribution >= 0.6 is 0 Å². The summed E-state index contributed by atoms with van der Waals surface area (Å²) < 4.78 is 5.91. The van der Waals surface area contributed by atoms with Gasteiger partial charge in [0, 0.05) is 20.1 Å². The number of aryl methyl sites for hydroxylation is 2. The molecule has 3 aliphatic rings. The summed E-state index contributed by atoms with van der Waals surface area (Å²) in [6.07, 6.45) is 5.92. The predicted molar refractivity (Wildman–Crippen MR) is 120 cm³/mol. The molecule has 2 N–H and O–H groups in total. The second kappa shape index (κ2) is 9.12. The highest BCUT2D eigenvalue weighted by Gasteiger charge is 2.58. The number of aliphatic imine (C=N–C) groups is 1. The van der Waals surface area contributed by atoms with Gasteiger partial charge in [-0.1, -0.05) is 30.4 Å². The van der Waals surface area contributed by atoms with Gasteiger partial charge in [0.25, 0.3) is 0 Å². The Kier molecular flexibility index (Phi) is 6.30. The first-order valence-corrected chi connectivity index (χ1v) is 11.2. The maximum Gasteiger partial charge on any atom is 0.233 e. The monoisotopic (exact) mass is 424 g/mol. The fraction of sp³-hybridized carbons (Fsp3) is 0.542. The molecule has 4 atom stereocenters. The van der Waals surface area contributed by atoms with Crippen molar-refractivity contribution in [1.29, 1.82) is 0 Å². The number of ether oxygens (including phenoxy) is 1. The van der Waals surface area contributed by atoms with Gasteiger partial charge in [0.1, 0.15) is 12.4 Å². The highest BCUT2D eigenvalue weighted by atomic mass is 16.5. The number of guanidine groups is 1. The summed E-state index contributed by atoms with van der Waals surface area (Å²) in [6, 6.07) is 6.11. The number of imide groups is 1. The Balaban J connectivity index is 1.16. The van der Waals surface area contributed by atoms with Crippen LogP contribution in [0, 0.1) is 37.5 Å². The molecule has 1 aromatic carbocycles. The van der Waals surface area contributed by atoms with Crippen molar-refractivity contribution >= 4 is 17.8 Å². The van der Waals surface area contributed by atoms with E-state index in [0.29, 0.717) is 38.6 Å². The summed E-state index contributed by atoms with van der Waals surface area (Å²) in [7, 11) is 1.72. The Bertz CT molecular complexity index is 860. The van der Waals surface area contributed by atoms with E-state index in [2.05, 4.69) is 27.8 Å². The number of fused-ring (bicyclic) bond motifs is 5. The van der Waals surface area contributed by atoms with Gasteiger partial charge in [-0.3, -0.25) is 19.5 Å². The van der Waals surface area contributed by atoms with Crippen molar-refractivity contribution in [2.45, 2.75) is 26.7 Å². The van der Waals surface area contributed by atoms with Crippen LogP contribution in [-0.4, -0.2) is 56.0 Å². The summed E-state index contributed by atoms with van der Waals surface area (Å²) >= 11 is 0. The Morgan fingerprint density at radius 1 is 1.06 bits per heavy atom. The van der Waals surface area contributed by atoms with Crippen LogP contribution in [0.1, 0.15) is 24.0 Å². The number of hydrogen-bond acceptors (Lipinski definition) is 4. The molecule has 0 aromatic heterocycles. The average Bonchev–Trinajstić information content (AvgIpc) is 3.43. The van der Waals surface area contributed by atoms with Crippen LogP contribution in [0.4, 0.5) is 0 Å². The number of nitrogens with zero attached hydrogens (tertiary/aromatic N) is 2. The van der Waals surface area contributed by atoms with E-state index in [1.54, 1.807) is 7.05 Å². The van der Waals surface area contributed by atoms with Crippen molar-refractivity contribution in [1.82, 2.24) is 15.5 Å². The summed E-state index contributed by atoms with van der Waals surface area (Å²) in [6.45, 7) is 6.33. The zero-order valence-electron chi connectivity index (χ0n) is 18.6. The van der Waals surface area contributed by atoms with Gasteiger partial charge in [-0.2, -0.15) is 0 Å². The van der Waals surface area contributed by atoms with Gasteiger partial charge in [0.05, 0.1) is 18.4 Å². The van der Waals surface area contributed by atoms with Crippen LogP contribution < -0.4 is 15.4 Å². The standard InChI is InChI=1S/C24H32N4O3/c1-15-6-4-7-16(2)21(15)31-13-11-27-24(25-3)26-10-5-12-28-22(29)19-17-8-9-18(14-17)20(19)23(28)30/h4,6-9,17-20H,5,10-14H2,1-3H3,(H2,25,26,27). The SMILES string of the molecule is CN=C(NCCCN1C(=O)C2C3C=CC(C3)C2C1=O)NCCOc1c(C)cccc1C. The Hall–Kier alpha value is -2.83. The molecule has 166 valence electrons. The van der Waals surface area contributed by atoms with Crippen molar-refractivity contribution in [2.75, 3.05) is 33.3 Å². The first-order chi connectivity index (χ1) is 15.0. The van der Waals surface area contributed by atoms with Gasteiger partial charge in [0.15, 0.2) is 5.96 Å². The van der Waals surface area contributed by atoms with Gasteiger partial charge in [-0.05, 0) is 49.7 Å². The van der Waals surface area contributed by atoms with E-state index < -0.39 is 0 Å². The van der Waals surface area contributed by atoms with E-state index in [1.807, 2.05) is 32.0 Å². The lowest BCUT2D eigenvalue weighted by Crippen LogP contribution is -2.41. The number of nitrogens with one attached hydrogen (secondary N) is 2. The lowest BCUT2D eigenvalue weighted by Gasteiger charge is -2.18. The fourth-order valence-electron chi connectivity index (χ4n) is 5.20. The van der Waals surface area contributed by atoms with Gasteiger partial charge < -0.3 is 15.4 Å². The number of allylic oxidation sites excluding steroid dienone is 2. The molecule has 1 aliphatic heterocycles. The minimum atomic E-state index is -0.109. The first-order valence-electron chi connectivity index (χ1n) is 11.2. The molecule has 2 amide bonds. The molecule has 1 saturated heterocycles. The fourth-order valence-corrected chi connectivity index (χ4v) is 5.20. The second-order valence-electron chi connectivity index (χ2n) is 8.68. The Morgan fingerprint density at radius 2 is 1.68 bits per heavy atom. The third kappa shape index (κ3) is 4.18. The number of carbonyl (C=O) groups is 2. The number of carbonyl (C=O) groups excluding carboxylic acids is 2. The minimum absolute atomic E-state index is 0.0259. The molecule has 2 fully saturated rings. The van der Waals surface area contributed by atoms with Crippen LogP contribution in [0.15, 0.2) is 35.3 Å². The zero-order chi connectivity index (χ0) is 22.0. The van der Waals surface area contributed by atoms with E-state index in [1.165, 1.54) is 4.90 Å². The molecule has 0 spiro atoms. The van der Waals surface area contributed by atoms with E-state index in [9.17, 15) is 9.59 Å². The smallest absolute Gasteiger partial charge is 0.233 e. The molecule has 7 nitrogen and oxygen atoms in total.